The first-order valence-corrected chi connectivity index (χ1v) is 11.1. The van der Waals surface area contributed by atoms with Crippen LogP contribution in [-0.4, -0.2) is 35.0 Å². The minimum atomic E-state index is -0.282. The molecular weight excluding hydrogens is 418 g/mol. The van der Waals surface area contributed by atoms with Gasteiger partial charge in [0.25, 0.3) is 6.20 Å². The van der Waals surface area contributed by atoms with Crippen LogP contribution in [0.3, 0.4) is 0 Å². The van der Waals surface area contributed by atoms with Crippen LogP contribution in [0.1, 0.15) is 19.3 Å². The molecular formula is C18H18ClN5O2S2. The zero-order chi connectivity index (χ0) is 19.3. The highest BCUT2D eigenvalue weighted by Gasteiger charge is 2.22. The second-order valence-electron chi connectivity index (χ2n) is 6.27. The Bertz CT molecular complexity index is 951. The largest absolute Gasteiger partial charge is 0.861 e. The lowest BCUT2D eigenvalue weighted by Crippen LogP contribution is -2.60. The first kappa shape index (κ1) is 19.2. The quantitative estimate of drug-likeness (QED) is 0.256. The number of hydrogen-bond acceptors (Lipinski definition) is 8. The monoisotopic (exact) mass is 435 g/mol. The third-order valence-electron chi connectivity index (χ3n) is 4.24. The van der Waals surface area contributed by atoms with E-state index in [-0.39, 0.29) is 17.5 Å². The Morgan fingerprint density at radius 3 is 2.86 bits per heavy atom. The second kappa shape index (κ2) is 8.93. The van der Waals surface area contributed by atoms with Crippen molar-refractivity contribution in [3.8, 4) is 11.3 Å². The van der Waals surface area contributed by atoms with E-state index in [4.69, 9.17) is 16.1 Å². The molecule has 2 aromatic heterocycles. The van der Waals surface area contributed by atoms with Gasteiger partial charge in [-0.2, -0.15) is 5.01 Å². The predicted octanol–water partition coefficient (Wildman–Crippen LogP) is 3.04. The molecule has 0 aliphatic carbocycles. The Balaban J connectivity index is 1.34. The number of hydrogen-bond donors (Lipinski definition) is 0. The van der Waals surface area contributed by atoms with E-state index in [2.05, 4.69) is 20.3 Å². The highest BCUT2D eigenvalue weighted by Crippen LogP contribution is 2.29. The van der Waals surface area contributed by atoms with Crippen LogP contribution >= 0.6 is 34.7 Å². The van der Waals surface area contributed by atoms with E-state index in [0.717, 1.165) is 41.5 Å². The molecule has 1 fully saturated rings. The summed E-state index contributed by atoms with van der Waals surface area (Å²) in [4.78, 5) is 10.2. The SMILES string of the molecule is [O-]/C(CSc1nc(-c2ccc(Cl)cc2)cs1)=N/c1c[n+](N2CCCCC2)no1. The molecule has 28 heavy (non-hydrogen) atoms. The zero-order valence-corrected chi connectivity index (χ0v) is 17.3. The summed E-state index contributed by atoms with van der Waals surface area (Å²) in [5.41, 5.74) is 1.86. The molecule has 0 N–H and O–H groups in total. The number of aromatic nitrogens is 3. The summed E-state index contributed by atoms with van der Waals surface area (Å²) in [6.45, 7) is 1.86. The van der Waals surface area contributed by atoms with Gasteiger partial charge < -0.3 is 5.11 Å². The van der Waals surface area contributed by atoms with Gasteiger partial charge in [0.15, 0.2) is 4.34 Å². The fourth-order valence-corrected chi connectivity index (χ4v) is 4.60. The first-order valence-electron chi connectivity index (χ1n) is 8.90. The average molecular weight is 436 g/mol. The van der Waals surface area contributed by atoms with Crippen LogP contribution in [-0.2, 0) is 0 Å². The van der Waals surface area contributed by atoms with Gasteiger partial charge in [-0.1, -0.05) is 35.5 Å². The predicted molar refractivity (Wildman–Crippen MR) is 109 cm³/mol. The Morgan fingerprint density at radius 2 is 2.07 bits per heavy atom. The number of rotatable bonds is 6. The van der Waals surface area contributed by atoms with Crippen molar-refractivity contribution in [1.29, 1.82) is 0 Å². The van der Waals surface area contributed by atoms with Crippen LogP contribution in [0.2, 0.25) is 5.02 Å². The van der Waals surface area contributed by atoms with Crippen molar-refractivity contribution in [1.82, 2.24) is 10.3 Å². The Morgan fingerprint density at radius 1 is 1.29 bits per heavy atom. The summed E-state index contributed by atoms with van der Waals surface area (Å²) >= 11 is 8.77. The maximum atomic E-state index is 12.1. The molecule has 1 aromatic carbocycles. The molecule has 1 saturated heterocycles. The van der Waals surface area contributed by atoms with Gasteiger partial charge in [0, 0.05) is 21.7 Å². The Hall–Kier alpha value is -2.10. The molecule has 1 aliphatic rings. The topological polar surface area (TPSA) is 81.5 Å². The van der Waals surface area contributed by atoms with Gasteiger partial charge in [0.1, 0.15) is 0 Å². The summed E-state index contributed by atoms with van der Waals surface area (Å²) in [7, 11) is 0. The van der Waals surface area contributed by atoms with Crippen molar-refractivity contribution in [2.45, 2.75) is 23.6 Å². The van der Waals surface area contributed by atoms with Crippen LogP contribution in [0, 0.1) is 0 Å². The van der Waals surface area contributed by atoms with E-state index in [1.807, 2.05) is 29.6 Å². The van der Waals surface area contributed by atoms with Crippen molar-refractivity contribution in [2.24, 2.45) is 4.99 Å². The van der Waals surface area contributed by atoms with E-state index in [9.17, 15) is 5.11 Å². The maximum Gasteiger partial charge on any atom is 0.324 e. The normalized spacial score (nSPS) is 15.2. The molecule has 0 unspecified atom stereocenters. The van der Waals surface area contributed by atoms with Gasteiger partial charge in [-0.25, -0.2) is 9.98 Å². The van der Waals surface area contributed by atoms with Crippen molar-refractivity contribution in [3.05, 3.63) is 40.9 Å². The number of halogens is 1. The number of aliphatic imine (C=N–C) groups is 1. The molecule has 0 saturated carbocycles. The molecule has 0 bridgehead atoms. The summed E-state index contributed by atoms with van der Waals surface area (Å²) in [6, 6.07) is 7.51. The lowest BCUT2D eigenvalue weighted by molar-refractivity contribution is -0.759. The van der Waals surface area contributed by atoms with Gasteiger partial charge in [-0.15, -0.1) is 11.3 Å². The Labute approximate surface area is 175 Å². The third kappa shape index (κ3) is 4.84. The van der Waals surface area contributed by atoms with Crippen LogP contribution < -0.4 is 14.9 Å². The molecule has 0 radical (unpaired) electrons. The molecule has 3 heterocycles. The number of piperidine rings is 1. The molecule has 1 aliphatic heterocycles. The summed E-state index contributed by atoms with van der Waals surface area (Å²) in [6.07, 6.45) is 5.15. The molecule has 0 amide bonds. The van der Waals surface area contributed by atoms with Crippen molar-refractivity contribution in [3.63, 3.8) is 0 Å². The lowest BCUT2D eigenvalue weighted by atomic mass is 10.2. The molecule has 0 spiro atoms. The molecule has 146 valence electrons. The average Bonchev–Trinajstić information content (AvgIpc) is 3.37. The fraction of sp³-hybridized carbons (Fsp3) is 0.333. The van der Waals surface area contributed by atoms with Crippen molar-refractivity contribution >= 4 is 46.5 Å². The lowest BCUT2D eigenvalue weighted by Gasteiger charge is -2.17. The maximum absolute atomic E-state index is 12.1. The first-order chi connectivity index (χ1) is 13.7. The number of benzene rings is 1. The van der Waals surface area contributed by atoms with E-state index < -0.39 is 0 Å². The summed E-state index contributed by atoms with van der Waals surface area (Å²) in [5, 5.41) is 20.8. The molecule has 10 heteroatoms. The zero-order valence-electron chi connectivity index (χ0n) is 15.0. The van der Waals surface area contributed by atoms with Crippen LogP contribution in [0.15, 0.2) is 49.7 Å². The van der Waals surface area contributed by atoms with Gasteiger partial charge in [0.05, 0.1) is 23.6 Å². The number of nitrogens with zero attached hydrogens (tertiary/aromatic N) is 5. The van der Waals surface area contributed by atoms with Gasteiger partial charge in [-0.3, -0.25) is 4.52 Å². The number of thioether (sulfide) groups is 1. The highest BCUT2D eigenvalue weighted by molar-refractivity contribution is 8.01. The number of thiazole rings is 1. The van der Waals surface area contributed by atoms with Crippen LogP contribution in [0.4, 0.5) is 5.88 Å². The third-order valence-corrected chi connectivity index (χ3v) is 6.50. The van der Waals surface area contributed by atoms with E-state index >= 15 is 0 Å². The molecule has 4 rings (SSSR count). The summed E-state index contributed by atoms with van der Waals surface area (Å²) in [5.74, 6) is 0.130. The van der Waals surface area contributed by atoms with Crippen molar-refractivity contribution in [2.75, 3.05) is 23.9 Å². The smallest absolute Gasteiger partial charge is 0.324 e. The van der Waals surface area contributed by atoms with E-state index in [0.29, 0.717) is 5.02 Å². The van der Waals surface area contributed by atoms with E-state index in [1.54, 1.807) is 11.0 Å². The molecule has 0 atom stereocenters. The standard InChI is InChI=1S/C18H18ClN5O2S2/c19-14-6-4-13(5-7-14)15-11-27-18(20-15)28-12-16(25)21-17-10-24(22-26-17)23-8-2-1-3-9-23/h4-7,10-11H,1-3,8-9,12H2. The van der Waals surface area contributed by atoms with Crippen LogP contribution in [0.25, 0.3) is 11.3 Å². The minimum Gasteiger partial charge on any atom is -0.861 e. The van der Waals surface area contributed by atoms with Crippen LogP contribution in [0.5, 0.6) is 0 Å². The highest BCUT2D eigenvalue weighted by atomic mass is 35.5. The molecule has 7 nitrogen and oxygen atoms in total. The van der Waals surface area contributed by atoms with Gasteiger partial charge >= 0.3 is 5.88 Å². The second-order valence-corrected chi connectivity index (χ2v) is 8.79. The van der Waals surface area contributed by atoms with E-state index in [1.165, 1.54) is 29.5 Å². The summed E-state index contributed by atoms with van der Waals surface area (Å²) < 4.78 is 5.98. The van der Waals surface area contributed by atoms with Gasteiger partial charge in [-0.05, 0) is 37.3 Å². The minimum absolute atomic E-state index is 0.192. The Kier molecular flexibility index (Phi) is 6.13. The molecule has 3 aromatic rings. The van der Waals surface area contributed by atoms with Gasteiger partial charge in [0.2, 0.25) is 5.27 Å². The van der Waals surface area contributed by atoms with Crippen molar-refractivity contribution < 1.29 is 14.4 Å². The fourth-order valence-electron chi connectivity index (χ4n) is 2.85.